The van der Waals surface area contributed by atoms with E-state index in [1.165, 1.54) is 0 Å². The minimum Gasteiger partial charge on any atom is -0.497 e. The van der Waals surface area contributed by atoms with Gasteiger partial charge in [0.25, 0.3) is 0 Å². The van der Waals surface area contributed by atoms with Gasteiger partial charge in [-0.15, -0.1) is 11.3 Å². The van der Waals surface area contributed by atoms with E-state index in [0.717, 1.165) is 22.2 Å². The second-order valence-corrected chi connectivity index (χ2v) is 5.04. The van der Waals surface area contributed by atoms with Gasteiger partial charge in [-0.05, 0) is 24.3 Å². The van der Waals surface area contributed by atoms with E-state index < -0.39 is 0 Å². The van der Waals surface area contributed by atoms with Crippen molar-refractivity contribution in [1.29, 1.82) is 0 Å². The Balaban J connectivity index is 1.81. The zero-order valence-corrected chi connectivity index (χ0v) is 12.2. The fourth-order valence-corrected chi connectivity index (χ4v) is 2.31. The van der Waals surface area contributed by atoms with Crippen molar-refractivity contribution in [3.05, 3.63) is 40.3 Å². The predicted octanol–water partition coefficient (Wildman–Crippen LogP) is 1.81. The molecule has 0 fully saturated rings. The highest BCUT2D eigenvalue weighted by molar-refractivity contribution is 7.09. The molecule has 0 bridgehead atoms. The number of benzene rings is 1. The summed E-state index contributed by atoms with van der Waals surface area (Å²) in [5.74, 6) is 1.60. The molecule has 0 aliphatic heterocycles. The van der Waals surface area contributed by atoms with Crippen LogP contribution in [-0.4, -0.2) is 30.4 Å². The molecule has 0 radical (unpaired) electrons. The highest BCUT2D eigenvalue weighted by Gasteiger charge is 2.03. The smallest absolute Gasteiger partial charge is 0.140 e. The Labute approximate surface area is 122 Å². The molecule has 2 N–H and O–H groups in total. The van der Waals surface area contributed by atoms with E-state index in [1.54, 1.807) is 18.4 Å². The van der Waals surface area contributed by atoms with Gasteiger partial charge in [-0.25, -0.2) is 4.98 Å². The van der Waals surface area contributed by atoms with Crippen molar-refractivity contribution in [2.45, 2.75) is 13.2 Å². The van der Waals surface area contributed by atoms with Gasteiger partial charge < -0.3 is 19.9 Å². The Morgan fingerprint density at radius 1 is 1.25 bits per heavy atom. The minimum atomic E-state index is 0.136. The van der Waals surface area contributed by atoms with Gasteiger partial charge in [0.2, 0.25) is 0 Å². The summed E-state index contributed by atoms with van der Waals surface area (Å²) < 4.78 is 10.8. The quantitative estimate of drug-likeness (QED) is 0.727. The minimum absolute atomic E-state index is 0.136. The Bertz CT molecular complexity index is 513. The molecule has 0 saturated heterocycles. The molecule has 0 spiro atoms. The van der Waals surface area contributed by atoms with E-state index in [9.17, 15) is 0 Å². The molecule has 2 aromatic rings. The highest BCUT2D eigenvalue weighted by atomic mass is 32.1. The standard InChI is InChI=1S/C14H18N2O3S/c1-18-12-2-4-13(5-3-12)19-9-14-16-11(10-20-14)8-15-6-7-17/h2-5,10,15,17H,6-9H2,1H3. The van der Waals surface area contributed by atoms with Crippen LogP contribution in [0.3, 0.4) is 0 Å². The van der Waals surface area contributed by atoms with Crippen LogP contribution in [0.4, 0.5) is 0 Å². The average Bonchev–Trinajstić information content (AvgIpc) is 2.94. The second-order valence-electron chi connectivity index (χ2n) is 4.10. The zero-order chi connectivity index (χ0) is 14.2. The number of aliphatic hydroxyl groups excluding tert-OH is 1. The molecule has 0 atom stereocenters. The van der Waals surface area contributed by atoms with Crippen molar-refractivity contribution in [1.82, 2.24) is 10.3 Å². The summed E-state index contributed by atoms with van der Waals surface area (Å²) in [7, 11) is 1.64. The van der Waals surface area contributed by atoms with E-state index in [0.29, 0.717) is 19.7 Å². The molecule has 0 aliphatic carbocycles. The molecule has 0 amide bonds. The summed E-state index contributed by atoms with van der Waals surface area (Å²) in [6.07, 6.45) is 0. The third kappa shape index (κ3) is 4.48. The van der Waals surface area contributed by atoms with Gasteiger partial charge in [-0.3, -0.25) is 0 Å². The fraction of sp³-hybridized carbons (Fsp3) is 0.357. The highest BCUT2D eigenvalue weighted by Crippen LogP contribution is 2.19. The largest absolute Gasteiger partial charge is 0.497 e. The number of hydrogen-bond acceptors (Lipinski definition) is 6. The molecule has 6 heteroatoms. The van der Waals surface area contributed by atoms with Gasteiger partial charge in [-0.2, -0.15) is 0 Å². The third-order valence-corrected chi connectivity index (χ3v) is 3.49. The van der Waals surface area contributed by atoms with Crippen LogP contribution < -0.4 is 14.8 Å². The Morgan fingerprint density at radius 2 is 2.00 bits per heavy atom. The van der Waals surface area contributed by atoms with Gasteiger partial charge >= 0.3 is 0 Å². The molecule has 0 unspecified atom stereocenters. The molecule has 20 heavy (non-hydrogen) atoms. The molecule has 0 aliphatic rings. The van der Waals surface area contributed by atoms with Crippen LogP contribution in [0.15, 0.2) is 29.6 Å². The Morgan fingerprint density at radius 3 is 2.70 bits per heavy atom. The molecular formula is C14H18N2O3S. The van der Waals surface area contributed by atoms with Crippen LogP contribution in [0, 0.1) is 0 Å². The topological polar surface area (TPSA) is 63.6 Å². The summed E-state index contributed by atoms with van der Waals surface area (Å²) in [4.78, 5) is 4.46. The molecule has 1 aromatic carbocycles. The lowest BCUT2D eigenvalue weighted by atomic mass is 10.3. The maximum absolute atomic E-state index is 8.69. The number of hydrogen-bond donors (Lipinski definition) is 2. The average molecular weight is 294 g/mol. The van der Waals surface area contributed by atoms with Crippen LogP contribution in [0.1, 0.15) is 10.7 Å². The number of ether oxygens (including phenoxy) is 2. The molecule has 0 saturated carbocycles. The lowest BCUT2D eigenvalue weighted by Gasteiger charge is -2.05. The van der Waals surface area contributed by atoms with Crippen LogP contribution in [0.5, 0.6) is 11.5 Å². The van der Waals surface area contributed by atoms with Gasteiger partial charge in [0.1, 0.15) is 23.1 Å². The molecule has 108 valence electrons. The van der Waals surface area contributed by atoms with Crippen LogP contribution in [-0.2, 0) is 13.2 Å². The van der Waals surface area contributed by atoms with Crippen molar-refractivity contribution in [3.8, 4) is 11.5 Å². The normalized spacial score (nSPS) is 10.5. The first-order valence-corrected chi connectivity index (χ1v) is 7.21. The number of thiazole rings is 1. The van der Waals surface area contributed by atoms with E-state index in [2.05, 4.69) is 10.3 Å². The van der Waals surface area contributed by atoms with E-state index in [4.69, 9.17) is 14.6 Å². The van der Waals surface area contributed by atoms with Gasteiger partial charge in [0, 0.05) is 18.5 Å². The summed E-state index contributed by atoms with van der Waals surface area (Å²) in [6, 6.07) is 7.47. The summed E-state index contributed by atoms with van der Waals surface area (Å²) in [6.45, 7) is 1.84. The number of methoxy groups -OCH3 is 1. The van der Waals surface area contributed by atoms with E-state index >= 15 is 0 Å². The first-order chi connectivity index (χ1) is 9.81. The summed E-state index contributed by atoms with van der Waals surface area (Å²) in [5.41, 5.74) is 0.969. The SMILES string of the molecule is COc1ccc(OCc2nc(CNCCO)cs2)cc1. The number of rotatable bonds is 8. The number of aliphatic hydroxyl groups is 1. The predicted molar refractivity (Wildman–Crippen MR) is 78.2 cm³/mol. The first kappa shape index (κ1) is 14.8. The maximum Gasteiger partial charge on any atom is 0.140 e. The van der Waals surface area contributed by atoms with Gasteiger partial charge in [-0.1, -0.05) is 0 Å². The molecular weight excluding hydrogens is 276 g/mol. The monoisotopic (exact) mass is 294 g/mol. The van der Waals surface area contributed by atoms with Crippen molar-refractivity contribution < 1.29 is 14.6 Å². The zero-order valence-electron chi connectivity index (χ0n) is 11.3. The van der Waals surface area contributed by atoms with Crippen molar-refractivity contribution >= 4 is 11.3 Å². The number of nitrogens with one attached hydrogen (secondary N) is 1. The van der Waals surface area contributed by atoms with Crippen molar-refractivity contribution in [2.24, 2.45) is 0 Å². The van der Waals surface area contributed by atoms with Crippen LogP contribution in [0.2, 0.25) is 0 Å². The Hall–Kier alpha value is -1.63. The van der Waals surface area contributed by atoms with Gasteiger partial charge in [0.05, 0.1) is 19.4 Å². The van der Waals surface area contributed by atoms with Crippen LogP contribution >= 0.6 is 11.3 Å². The lowest BCUT2D eigenvalue weighted by Crippen LogP contribution is -2.17. The van der Waals surface area contributed by atoms with E-state index in [-0.39, 0.29) is 6.61 Å². The van der Waals surface area contributed by atoms with E-state index in [1.807, 2.05) is 29.6 Å². The van der Waals surface area contributed by atoms with Gasteiger partial charge in [0.15, 0.2) is 0 Å². The molecule has 1 aromatic heterocycles. The maximum atomic E-state index is 8.69. The first-order valence-electron chi connectivity index (χ1n) is 6.33. The second kappa shape index (κ2) is 7.84. The molecule has 2 rings (SSSR count). The lowest BCUT2D eigenvalue weighted by molar-refractivity contribution is 0.291. The van der Waals surface area contributed by atoms with Crippen molar-refractivity contribution in [3.63, 3.8) is 0 Å². The Kier molecular flexibility index (Phi) is 5.79. The molecule has 1 heterocycles. The summed E-state index contributed by atoms with van der Waals surface area (Å²) in [5, 5.41) is 14.7. The summed E-state index contributed by atoms with van der Waals surface area (Å²) >= 11 is 1.57. The number of nitrogens with zero attached hydrogens (tertiary/aromatic N) is 1. The van der Waals surface area contributed by atoms with Crippen molar-refractivity contribution in [2.75, 3.05) is 20.3 Å². The fourth-order valence-electron chi connectivity index (χ4n) is 1.61. The number of aromatic nitrogens is 1. The van der Waals surface area contributed by atoms with Crippen LogP contribution in [0.25, 0.3) is 0 Å². The third-order valence-electron chi connectivity index (χ3n) is 2.62. The molecule has 5 nitrogen and oxygen atoms in total.